The van der Waals surface area contributed by atoms with Crippen LogP contribution in [0.5, 0.6) is 0 Å². The molecule has 42 heavy (non-hydrogen) atoms. The zero-order chi connectivity index (χ0) is 31.5. The first-order valence-electron chi connectivity index (χ1n) is 16.2. The van der Waals surface area contributed by atoms with Crippen molar-refractivity contribution < 1.29 is 23.4 Å². The molecule has 2 aromatic rings. The lowest BCUT2D eigenvalue weighted by molar-refractivity contribution is -0.0366. The van der Waals surface area contributed by atoms with Crippen LogP contribution in [0.15, 0.2) is 29.9 Å². The molecule has 1 unspecified atom stereocenters. The van der Waals surface area contributed by atoms with Gasteiger partial charge in [0.25, 0.3) is 0 Å². The summed E-state index contributed by atoms with van der Waals surface area (Å²) in [5.41, 5.74) is 2.30. The highest BCUT2D eigenvalue weighted by Gasteiger charge is 2.56. The van der Waals surface area contributed by atoms with Crippen LogP contribution >= 0.6 is 0 Å². The van der Waals surface area contributed by atoms with E-state index in [9.17, 15) is 0 Å². The maximum Gasteiger partial charge on any atom is 0.494 e. The zero-order valence-electron chi connectivity index (χ0n) is 28.7. The molecule has 3 fully saturated rings. The molecule has 1 aromatic carbocycles. The van der Waals surface area contributed by atoms with E-state index in [0.717, 1.165) is 59.7 Å². The van der Waals surface area contributed by atoms with Crippen molar-refractivity contribution in [1.29, 1.82) is 0 Å². The fourth-order valence-electron chi connectivity index (χ4n) is 5.27. The SMILES string of the molecule is CC.CC/C(B1OC(C)(C)C(C)(C)O1)=C(/B1OC(C)(C)C(C)(C)O1)c1ccc2c(cnn2C2CCCCO2)c1.CCC. The highest BCUT2D eigenvalue weighted by atomic mass is 16.7. The minimum absolute atomic E-state index is 0.00818. The molecule has 5 rings (SSSR count). The fourth-order valence-corrected chi connectivity index (χ4v) is 5.27. The Morgan fingerprint density at radius 1 is 0.833 bits per heavy atom. The molecule has 0 amide bonds. The Hall–Kier alpha value is -1.64. The molecule has 234 valence electrons. The van der Waals surface area contributed by atoms with Crippen LogP contribution in [0.2, 0.25) is 0 Å². The third kappa shape index (κ3) is 6.86. The van der Waals surface area contributed by atoms with Gasteiger partial charge in [-0.1, -0.05) is 47.1 Å². The second kappa shape index (κ2) is 13.6. The first-order valence-corrected chi connectivity index (χ1v) is 16.2. The van der Waals surface area contributed by atoms with Crippen molar-refractivity contribution in [3.05, 3.63) is 35.4 Å². The molecule has 0 bridgehead atoms. The second-order valence-electron chi connectivity index (χ2n) is 13.4. The monoisotopic (exact) mass is 582 g/mol. The average Bonchev–Trinajstić information content (AvgIpc) is 3.51. The first-order chi connectivity index (χ1) is 19.7. The molecule has 9 heteroatoms. The summed E-state index contributed by atoms with van der Waals surface area (Å²) >= 11 is 0. The van der Waals surface area contributed by atoms with Crippen LogP contribution in [-0.2, 0) is 23.4 Å². The smallest absolute Gasteiger partial charge is 0.400 e. The highest BCUT2D eigenvalue weighted by Crippen LogP contribution is 2.45. The molecule has 4 heterocycles. The number of hydrogen-bond donors (Lipinski definition) is 0. The predicted octanol–water partition coefficient (Wildman–Crippen LogP) is 8.60. The molecule has 3 saturated heterocycles. The molecule has 3 aliphatic heterocycles. The van der Waals surface area contributed by atoms with Crippen LogP contribution in [0.3, 0.4) is 0 Å². The fraction of sp³-hybridized carbons (Fsp3) is 0.727. The number of aromatic nitrogens is 2. The Morgan fingerprint density at radius 2 is 1.36 bits per heavy atom. The van der Waals surface area contributed by atoms with E-state index in [-0.39, 0.29) is 6.23 Å². The van der Waals surface area contributed by atoms with Gasteiger partial charge < -0.3 is 23.4 Å². The minimum atomic E-state index is -0.548. The minimum Gasteiger partial charge on any atom is -0.400 e. The van der Waals surface area contributed by atoms with Crippen molar-refractivity contribution >= 4 is 30.6 Å². The van der Waals surface area contributed by atoms with E-state index in [2.05, 4.69) is 94.4 Å². The molecule has 0 N–H and O–H groups in total. The van der Waals surface area contributed by atoms with Gasteiger partial charge in [-0.2, -0.15) is 5.10 Å². The lowest BCUT2D eigenvalue weighted by Crippen LogP contribution is -2.41. The quantitative estimate of drug-likeness (QED) is 0.329. The van der Waals surface area contributed by atoms with Crippen LogP contribution in [-0.4, -0.2) is 53.0 Å². The molecule has 0 aliphatic carbocycles. The van der Waals surface area contributed by atoms with Crippen LogP contribution in [0.25, 0.3) is 16.4 Å². The summed E-state index contributed by atoms with van der Waals surface area (Å²) in [5, 5.41) is 5.77. The third-order valence-electron chi connectivity index (χ3n) is 9.09. The van der Waals surface area contributed by atoms with Crippen molar-refractivity contribution in [2.24, 2.45) is 0 Å². The van der Waals surface area contributed by atoms with Crippen molar-refractivity contribution in [1.82, 2.24) is 9.78 Å². The number of nitrogens with zero attached hydrogens (tertiary/aromatic N) is 2. The number of allylic oxidation sites excluding steroid dienone is 1. The predicted molar refractivity (Wildman–Crippen MR) is 175 cm³/mol. The van der Waals surface area contributed by atoms with Crippen molar-refractivity contribution in [2.45, 2.75) is 151 Å². The zero-order valence-corrected chi connectivity index (χ0v) is 28.7. The Bertz CT molecular complexity index is 1180. The van der Waals surface area contributed by atoms with Gasteiger partial charge >= 0.3 is 14.2 Å². The van der Waals surface area contributed by atoms with Crippen LogP contribution in [0.1, 0.15) is 134 Å². The normalized spacial score (nSPS) is 24.5. The van der Waals surface area contributed by atoms with Gasteiger partial charge in [-0.3, -0.25) is 0 Å². The van der Waals surface area contributed by atoms with Crippen LogP contribution in [0.4, 0.5) is 0 Å². The largest absolute Gasteiger partial charge is 0.494 e. The molecule has 3 aliphatic rings. The van der Waals surface area contributed by atoms with E-state index in [1.54, 1.807) is 0 Å². The summed E-state index contributed by atoms with van der Waals surface area (Å²) in [6.07, 6.45) is 7.17. The third-order valence-corrected chi connectivity index (χ3v) is 9.09. The Balaban J connectivity index is 0.000000910. The summed E-state index contributed by atoms with van der Waals surface area (Å²) < 4.78 is 34.3. The summed E-state index contributed by atoms with van der Waals surface area (Å²) in [7, 11) is -1.04. The average molecular weight is 582 g/mol. The molecule has 7 nitrogen and oxygen atoms in total. The van der Waals surface area contributed by atoms with Gasteiger partial charge in [0.2, 0.25) is 0 Å². The summed E-state index contributed by atoms with van der Waals surface area (Å²) in [5.74, 6) is 0. The Labute approximate surface area is 256 Å². The van der Waals surface area contributed by atoms with Gasteiger partial charge in [-0.05, 0) is 110 Å². The van der Waals surface area contributed by atoms with Crippen LogP contribution < -0.4 is 0 Å². The molecule has 0 saturated carbocycles. The lowest BCUT2D eigenvalue weighted by atomic mass is 9.61. The molecule has 0 radical (unpaired) electrons. The van der Waals surface area contributed by atoms with E-state index in [0.29, 0.717) is 0 Å². The molecule has 1 atom stereocenters. The standard InChI is InChI=1S/C28H42B2N2O5.C3H8.C2H6/c1-10-21(29-34-25(2,3)26(4,5)35-29)24(30-36-27(6,7)28(8,9)37-30)19-14-15-22-20(17-19)18-31-32(22)23-13-11-12-16-33-23;1-3-2;1-2/h14-15,17-18,23H,10-13,16H2,1-9H3;3H2,1-2H3;1-2H3/b24-21-;;. The molecule has 0 spiro atoms. The number of fused-ring (bicyclic) bond motifs is 1. The van der Waals surface area contributed by atoms with Gasteiger partial charge in [0.15, 0.2) is 6.23 Å². The first kappa shape index (κ1) is 34.8. The van der Waals surface area contributed by atoms with E-state index in [1.807, 2.05) is 24.7 Å². The molecular formula is C33H56B2N2O5. The van der Waals surface area contributed by atoms with Crippen LogP contribution in [0, 0.1) is 0 Å². The second-order valence-corrected chi connectivity index (χ2v) is 13.4. The molecular weight excluding hydrogens is 526 g/mol. The van der Waals surface area contributed by atoms with E-state index < -0.39 is 36.6 Å². The topological polar surface area (TPSA) is 64.0 Å². The van der Waals surface area contributed by atoms with Gasteiger partial charge in [0.05, 0.1) is 34.1 Å². The Morgan fingerprint density at radius 3 is 1.83 bits per heavy atom. The van der Waals surface area contributed by atoms with Gasteiger partial charge in [0, 0.05) is 12.0 Å². The van der Waals surface area contributed by atoms with E-state index >= 15 is 0 Å². The van der Waals surface area contributed by atoms with Gasteiger partial charge in [-0.15, -0.1) is 0 Å². The number of hydrogen-bond acceptors (Lipinski definition) is 6. The summed E-state index contributed by atoms with van der Waals surface area (Å²) in [6, 6.07) is 6.46. The van der Waals surface area contributed by atoms with E-state index in [4.69, 9.17) is 28.5 Å². The van der Waals surface area contributed by atoms with Crippen molar-refractivity contribution in [3.63, 3.8) is 0 Å². The summed E-state index contributed by atoms with van der Waals surface area (Å²) in [6.45, 7) is 27.9. The number of benzene rings is 1. The lowest BCUT2D eigenvalue weighted by Gasteiger charge is -2.32. The highest BCUT2D eigenvalue weighted by molar-refractivity contribution is 6.74. The van der Waals surface area contributed by atoms with Crippen molar-refractivity contribution in [2.75, 3.05) is 6.61 Å². The molecule has 1 aromatic heterocycles. The maximum atomic E-state index is 6.61. The summed E-state index contributed by atoms with van der Waals surface area (Å²) in [4.78, 5) is 0. The van der Waals surface area contributed by atoms with Crippen molar-refractivity contribution in [3.8, 4) is 0 Å². The number of ether oxygens (including phenoxy) is 1. The van der Waals surface area contributed by atoms with Gasteiger partial charge in [-0.25, -0.2) is 4.68 Å². The van der Waals surface area contributed by atoms with Gasteiger partial charge in [0.1, 0.15) is 0 Å². The maximum absolute atomic E-state index is 6.61. The Kier molecular flexibility index (Phi) is 11.2. The van der Waals surface area contributed by atoms with E-state index in [1.165, 1.54) is 6.42 Å². The number of rotatable bonds is 5.